The number of carbonyl (C=O) groups is 1. The van der Waals surface area contributed by atoms with Crippen molar-refractivity contribution in [3.63, 3.8) is 0 Å². The maximum atomic E-state index is 11.9. The van der Waals surface area contributed by atoms with Crippen LogP contribution < -0.4 is 5.32 Å². The quantitative estimate of drug-likeness (QED) is 0.611. The van der Waals surface area contributed by atoms with Crippen LogP contribution in [0.1, 0.15) is 30.4 Å². The molecule has 2 aromatic rings. The van der Waals surface area contributed by atoms with Crippen molar-refractivity contribution in [2.75, 3.05) is 0 Å². The van der Waals surface area contributed by atoms with Gasteiger partial charge >= 0.3 is 5.69 Å². The summed E-state index contributed by atoms with van der Waals surface area (Å²) in [6, 6.07) is 1.86. The summed E-state index contributed by atoms with van der Waals surface area (Å²) in [5.41, 5.74) is 1.62. The zero-order valence-electron chi connectivity index (χ0n) is 13.4. The zero-order valence-corrected chi connectivity index (χ0v) is 13.4. The van der Waals surface area contributed by atoms with Gasteiger partial charge in [0.05, 0.1) is 23.7 Å². The Kier molecular flexibility index (Phi) is 5.09. The Hall–Kier alpha value is -2.71. The molecule has 9 heteroatoms. The van der Waals surface area contributed by atoms with E-state index in [1.807, 2.05) is 19.2 Å². The van der Waals surface area contributed by atoms with E-state index >= 15 is 0 Å². The fourth-order valence-electron chi connectivity index (χ4n) is 2.33. The summed E-state index contributed by atoms with van der Waals surface area (Å²) in [4.78, 5) is 22.4. The molecule has 1 amide bonds. The first-order valence-corrected chi connectivity index (χ1v) is 7.39. The number of hydrogen-bond acceptors (Lipinski definition) is 5. The number of hydrogen-bond donors (Lipinski definition) is 1. The summed E-state index contributed by atoms with van der Waals surface area (Å²) >= 11 is 0. The van der Waals surface area contributed by atoms with Crippen molar-refractivity contribution in [2.24, 2.45) is 0 Å². The third-order valence-corrected chi connectivity index (χ3v) is 3.56. The first-order valence-electron chi connectivity index (χ1n) is 7.39. The third kappa shape index (κ3) is 3.93. The molecule has 2 aromatic heterocycles. The smallest absolute Gasteiger partial charge is 0.312 e. The third-order valence-electron chi connectivity index (χ3n) is 3.56. The van der Waals surface area contributed by atoms with E-state index in [2.05, 4.69) is 15.5 Å². The lowest BCUT2D eigenvalue weighted by atomic mass is 10.3. The van der Waals surface area contributed by atoms with Gasteiger partial charge in [0.15, 0.2) is 0 Å². The lowest BCUT2D eigenvalue weighted by Gasteiger charge is -2.05. The van der Waals surface area contributed by atoms with Crippen LogP contribution in [-0.4, -0.2) is 30.4 Å². The van der Waals surface area contributed by atoms with Crippen LogP contribution >= 0.6 is 0 Å². The van der Waals surface area contributed by atoms with Gasteiger partial charge in [0, 0.05) is 19.2 Å². The fourth-order valence-corrected chi connectivity index (χ4v) is 2.33. The maximum Gasteiger partial charge on any atom is 0.312 e. The molecule has 23 heavy (non-hydrogen) atoms. The number of nitrogens with zero attached hydrogens (tertiary/aromatic N) is 5. The average Bonchev–Trinajstić information content (AvgIpc) is 3.07. The normalized spacial score (nSPS) is 10.7. The molecule has 0 unspecified atom stereocenters. The summed E-state index contributed by atoms with van der Waals surface area (Å²) in [7, 11) is 0. The van der Waals surface area contributed by atoms with Crippen LogP contribution in [0.4, 0.5) is 5.69 Å². The van der Waals surface area contributed by atoms with Gasteiger partial charge in [-0.3, -0.25) is 24.3 Å². The first-order chi connectivity index (χ1) is 10.9. The fraction of sp³-hybridized carbons (Fsp3) is 0.500. The lowest BCUT2D eigenvalue weighted by Crippen LogP contribution is -2.24. The summed E-state index contributed by atoms with van der Waals surface area (Å²) in [6.07, 6.45) is 2.06. The SMILES string of the molecule is CCn1ccc(CNC(=O)CCn2nc(C)c([N+](=O)[O-])c2C)n1. The van der Waals surface area contributed by atoms with Crippen LogP contribution in [0.5, 0.6) is 0 Å². The molecule has 0 aliphatic heterocycles. The standard InChI is InChI=1S/C14H20N6O3/c1-4-18-7-5-12(17-18)9-15-13(21)6-8-19-11(3)14(20(22)23)10(2)16-19/h5,7H,4,6,8-9H2,1-3H3,(H,15,21). The van der Waals surface area contributed by atoms with E-state index in [4.69, 9.17) is 0 Å². The minimum atomic E-state index is -0.446. The Labute approximate surface area is 133 Å². The van der Waals surface area contributed by atoms with Gasteiger partial charge in [0.25, 0.3) is 0 Å². The van der Waals surface area contributed by atoms with Crippen molar-refractivity contribution in [3.8, 4) is 0 Å². The van der Waals surface area contributed by atoms with Gasteiger partial charge in [0.2, 0.25) is 5.91 Å². The van der Waals surface area contributed by atoms with Gasteiger partial charge in [-0.2, -0.15) is 10.2 Å². The van der Waals surface area contributed by atoms with Crippen molar-refractivity contribution in [1.82, 2.24) is 24.9 Å². The van der Waals surface area contributed by atoms with Crippen molar-refractivity contribution in [1.29, 1.82) is 0 Å². The van der Waals surface area contributed by atoms with E-state index in [0.717, 1.165) is 12.2 Å². The van der Waals surface area contributed by atoms with E-state index in [0.29, 0.717) is 24.5 Å². The Morgan fingerprint density at radius 3 is 2.70 bits per heavy atom. The van der Waals surface area contributed by atoms with Gasteiger partial charge < -0.3 is 5.32 Å². The summed E-state index contributed by atoms with van der Waals surface area (Å²) in [6.45, 7) is 6.66. The van der Waals surface area contributed by atoms with E-state index in [1.165, 1.54) is 4.68 Å². The molecule has 124 valence electrons. The minimum absolute atomic E-state index is 0.00973. The van der Waals surface area contributed by atoms with E-state index in [1.54, 1.807) is 18.5 Å². The van der Waals surface area contributed by atoms with Crippen molar-refractivity contribution < 1.29 is 9.72 Å². The number of aromatic nitrogens is 4. The maximum absolute atomic E-state index is 11.9. The second-order valence-electron chi connectivity index (χ2n) is 5.19. The topological polar surface area (TPSA) is 108 Å². The molecular formula is C14H20N6O3. The van der Waals surface area contributed by atoms with Crippen LogP contribution in [0.3, 0.4) is 0 Å². The Balaban J connectivity index is 1.87. The van der Waals surface area contributed by atoms with Gasteiger partial charge in [-0.15, -0.1) is 0 Å². The molecule has 0 bridgehead atoms. The molecule has 0 spiro atoms. The molecule has 2 heterocycles. The first kappa shape index (κ1) is 16.7. The molecule has 0 aromatic carbocycles. The largest absolute Gasteiger partial charge is 0.350 e. The van der Waals surface area contributed by atoms with Crippen LogP contribution in [0.15, 0.2) is 12.3 Å². The molecule has 2 rings (SSSR count). The van der Waals surface area contributed by atoms with E-state index in [9.17, 15) is 14.9 Å². The average molecular weight is 320 g/mol. The highest BCUT2D eigenvalue weighted by molar-refractivity contribution is 5.75. The minimum Gasteiger partial charge on any atom is -0.350 e. The molecule has 0 radical (unpaired) electrons. The molecule has 0 atom stereocenters. The Morgan fingerprint density at radius 2 is 2.13 bits per heavy atom. The number of rotatable bonds is 7. The molecule has 9 nitrogen and oxygen atoms in total. The molecule has 0 fully saturated rings. The number of carbonyl (C=O) groups excluding carboxylic acids is 1. The predicted octanol–water partition coefficient (Wildman–Crippen LogP) is 1.33. The van der Waals surface area contributed by atoms with Gasteiger partial charge in [-0.25, -0.2) is 0 Å². The lowest BCUT2D eigenvalue weighted by molar-refractivity contribution is -0.386. The summed E-state index contributed by atoms with van der Waals surface area (Å²) < 4.78 is 3.29. The summed E-state index contributed by atoms with van der Waals surface area (Å²) in [5, 5.41) is 22.1. The summed E-state index contributed by atoms with van der Waals surface area (Å²) in [5.74, 6) is -0.147. The van der Waals surface area contributed by atoms with Crippen LogP contribution in [0.25, 0.3) is 0 Å². The highest BCUT2D eigenvalue weighted by Crippen LogP contribution is 2.21. The molecule has 0 saturated carbocycles. The molecule has 0 aliphatic carbocycles. The molecule has 1 N–H and O–H groups in total. The van der Waals surface area contributed by atoms with Gasteiger partial charge in [-0.1, -0.05) is 0 Å². The number of aryl methyl sites for hydroxylation is 3. The Bertz CT molecular complexity index is 718. The monoisotopic (exact) mass is 320 g/mol. The predicted molar refractivity (Wildman–Crippen MR) is 82.7 cm³/mol. The second kappa shape index (κ2) is 7.03. The van der Waals surface area contributed by atoms with Crippen LogP contribution in [0.2, 0.25) is 0 Å². The van der Waals surface area contributed by atoms with E-state index in [-0.39, 0.29) is 18.0 Å². The van der Waals surface area contributed by atoms with Crippen molar-refractivity contribution in [3.05, 3.63) is 39.5 Å². The second-order valence-corrected chi connectivity index (χ2v) is 5.19. The Morgan fingerprint density at radius 1 is 1.39 bits per heavy atom. The van der Waals surface area contributed by atoms with Crippen LogP contribution in [0, 0.1) is 24.0 Å². The van der Waals surface area contributed by atoms with Gasteiger partial charge in [0.1, 0.15) is 11.4 Å². The van der Waals surface area contributed by atoms with Crippen molar-refractivity contribution in [2.45, 2.75) is 46.8 Å². The van der Waals surface area contributed by atoms with Crippen LogP contribution in [-0.2, 0) is 24.4 Å². The molecule has 0 aliphatic rings. The highest BCUT2D eigenvalue weighted by Gasteiger charge is 2.21. The molecule has 0 saturated heterocycles. The van der Waals surface area contributed by atoms with Crippen molar-refractivity contribution >= 4 is 11.6 Å². The van der Waals surface area contributed by atoms with E-state index < -0.39 is 4.92 Å². The number of nitrogens with one attached hydrogen (secondary N) is 1. The number of amides is 1. The number of nitro groups is 1. The highest BCUT2D eigenvalue weighted by atomic mass is 16.6. The van der Waals surface area contributed by atoms with Gasteiger partial charge in [-0.05, 0) is 26.8 Å². The zero-order chi connectivity index (χ0) is 17.0. The molecular weight excluding hydrogens is 300 g/mol.